The van der Waals surface area contributed by atoms with Gasteiger partial charge in [-0.3, -0.25) is 0 Å². The van der Waals surface area contributed by atoms with Crippen molar-refractivity contribution in [2.75, 3.05) is 7.11 Å². The summed E-state index contributed by atoms with van der Waals surface area (Å²) in [6.07, 6.45) is 0. The summed E-state index contributed by atoms with van der Waals surface area (Å²) in [4.78, 5) is 0. The smallest absolute Gasteiger partial charge is 0.488 e. The number of ether oxygens (including phenoxy) is 2. The second kappa shape index (κ2) is 6.60. The Morgan fingerprint density at radius 1 is 1.14 bits per heavy atom. The molecule has 0 aliphatic heterocycles. The van der Waals surface area contributed by atoms with E-state index in [0.29, 0.717) is 22.3 Å². The molecule has 0 saturated carbocycles. The number of aryl methyl sites for hydroxylation is 1. The Hall–Kier alpha value is -2.05. The van der Waals surface area contributed by atoms with E-state index in [4.69, 9.17) is 9.47 Å². The van der Waals surface area contributed by atoms with Crippen LogP contribution in [0.5, 0.6) is 11.5 Å². The van der Waals surface area contributed by atoms with Crippen LogP contribution < -0.4 is 14.9 Å². The third-order valence-corrected chi connectivity index (χ3v) is 3.14. The lowest BCUT2D eigenvalue weighted by atomic mass is 9.79. The first kappa shape index (κ1) is 15.3. The predicted molar refractivity (Wildman–Crippen MR) is 78.3 cm³/mol. The fourth-order valence-corrected chi connectivity index (χ4v) is 1.96. The molecule has 2 aromatic rings. The van der Waals surface area contributed by atoms with E-state index in [-0.39, 0.29) is 12.4 Å². The van der Waals surface area contributed by atoms with Gasteiger partial charge in [0.2, 0.25) is 0 Å². The van der Waals surface area contributed by atoms with E-state index < -0.39 is 12.9 Å². The molecule has 0 fully saturated rings. The average Bonchev–Trinajstić information content (AvgIpc) is 2.48. The van der Waals surface area contributed by atoms with Crippen LogP contribution in [-0.4, -0.2) is 24.3 Å². The summed E-state index contributed by atoms with van der Waals surface area (Å²) < 4.78 is 24.5. The third-order valence-electron chi connectivity index (χ3n) is 3.14. The SMILES string of the molecule is COc1ccc(B(O)O)cc1COc1cccc(C)c1F. The molecule has 0 heterocycles. The van der Waals surface area contributed by atoms with E-state index in [1.165, 1.54) is 7.11 Å². The standard InChI is InChI=1S/C15H16BFO4/c1-10-4-3-5-14(15(10)17)21-9-11-8-12(16(18)19)6-7-13(11)20-2/h3-8,18-19H,9H2,1-2H3. The molecule has 21 heavy (non-hydrogen) atoms. The van der Waals surface area contributed by atoms with E-state index in [0.717, 1.165) is 0 Å². The molecular weight excluding hydrogens is 274 g/mol. The molecular formula is C15H16BFO4. The van der Waals surface area contributed by atoms with Gasteiger partial charge >= 0.3 is 7.12 Å². The van der Waals surface area contributed by atoms with Gasteiger partial charge in [-0.2, -0.15) is 0 Å². The number of methoxy groups -OCH3 is 1. The molecule has 2 aromatic carbocycles. The van der Waals surface area contributed by atoms with Gasteiger partial charge in [0.05, 0.1) is 7.11 Å². The minimum Gasteiger partial charge on any atom is -0.496 e. The first-order valence-electron chi connectivity index (χ1n) is 6.43. The molecule has 0 saturated heterocycles. The molecule has 0 aliphatic carbocycles. The van der Waals surface area contributed by atoms with Gasteiger partial charge in [-0.15, -0.1) is 0 Å². The Morgan fingerprint density at radius 2 is 1.90 bits per heavy atom. The van der Waals surface area contributed by atoms with Gasteiger partial charge in [0.15, 0.2) is 11.6 Å². The largest absolute Gasteiger partial charge is 0.496 e. The van der Waals surface area contributed by atoms with Crippen molar-refractivity contribution >= 4 is 12.6 Å². The summed E-state index contributed by atoms with van der Waals surface area (Å²) in [5.41, 5.74) is 1.42. The molecule has 2 rings (SSSR count). The summed E-state index contributed by atoms with van der Waals surface area (Å²) in [5, 5.41) is 18.4. The maximum absolute atomic E-state index is 13.9. The average molecular weight is 290 g/mol. The van der Waals surface area contributed by atoms with Crippen molar-refractivity contribution < 1.29 is 23.9 Å². The lowest BCUT2D eigenvalue weighted by molar-refractivity contribution is 0.282. The van der Waals surface area contributed by atoms with Gasteiger partial charge in [-0.1, -0.05) is 24.3 Å². The zero-order chi connectivity index (χ0) is 15.4. The van der Waals surface area contributed by atoms with Crippen LogP contribution in [0.15, 0.2) is 36.4 Å². The number of hydrogen-bond donors (Lipinski definition) is 2. The molecule has 0 amide bonds. The van der Waals surface area contributed by atoms with Crippen molar-refractivity contribution in [3.8, 4) is 11.5 Å². The Bertz CT molecular complexity index is 631. The van der Waals surface area contributed by atoms with Crippen LogP contribution in [0.25, 0.3) is 0 Å². The van der Waals surface area contributed by atoms with Gasteiger partial charge in [0, 0.05) is 5.56 Å². The molecule has 0 atom stereocenters. The Morgan fingerprint density at radius 3 is 2.57 bits per heavy atom. The van der Waals surface area contributed by atoms with Gasteiger partial charge in [-0.25, -0.2) is 4.39 Å². The van der Waals surface area contributed by atoms with E-state index in [2.05, 4.69) is 0 Å². The normalized spacial score (nSPS) is 10.3. The zero-order valence-electron chi connectivity index (χ0n) is 11.8. The molecule has 2 N–H and O–H groups in total. The Labute approximate surface area is 122 Å². The Kier molecular flexibility index (Phi) is 4.83. The number of benzene rings is 2. The molecule has 0 bridgehead atoms. The maximum atomic E-state index is 13.9. The molecule has 0 spiro atoms. The van der Waals surface area contributed by atoms with Crippen LogP contribution in [0.1, 0.15) is 11.1 Å². The van der Waals surface area contributed by atoms with Crippen molar-refractivity contribution in [1.82, 2.24) is 0 Å². The summed E-state index contributed by atoms with van der Waals surface area (Å²) in [6, 6.07) is 9.61. The van der Waals surface area contributed by atoms with E-state index in [1.807, 2.05) is 0 Å². The number of halogens is 1. The van der Waals surface area contributed by atoms with Crippen LogP contribution in [0.2, 0.25) is 0 Å². The van der Waals surface area contributed by atoms with Crippen molar-refractivity contribution in [3.63, 3.8) is 0 Å². The summed E-state index contributed by atoms with van der Waals surface area (Å²) in [6.45, 7) is 1.72. The minimum atomic E-state index is -1.58. The first-order chi connectivity index (χ1) is 10.0. The van der Waals surface area contributed by atoms with Crippen LogP contribution in [-0.2, 0) is 6.61 Å². The third kappa shape index (κ3) is 3.54. The second-order valence-corrected chi connectivity index (χ2v) is 4.62. The van der Waals surface area contributed by atoms with Gasteiger partial charge in [0.1, 0.15) is 12.4 Å². The molecule has 0 unspecified atom stereocenters. The molecule has 6 heteroatoms. The molecule has 4 nitrogen and oxygen atoms in total. The maximum Gasteiger partial charge on any atom is 0.488 e. The summed E-state index contributed by atoms with van der Waals surface area (Å²) in [7, 11) is -0.0772. The van der Waals surface area contributed by atoms with Crippen molar-refractivity contribution in [2.24, 2.45) is 0 Å². The highest BCUT2D eigenvalue weighted by Gasteiger charge is 2.15. The highest BCUT2D eigenvalue weighted by atomic mass is 19.1. The lowest BCUT2D eigenvalue weighted by Crippen LogP contribution is -2.30. The molecule has 110 valence electrons. The minimum absolute atomic E-state index is 0.0596. The Balaban J connectivity index is 2.22. The van der Waals surface area contributed by atoms with Gasteiger partial charge < -0.3 is 19.5 Å². The first-order valence-corrected chi connectivity index (χ1v) is 6.43. The van der Waals surface area contributed by atoms with Crippen LogP contribution in [0.4, 0.5) is 4.39 Å². The summed E-state index contributed by atoms with van der Waals surface area (Å²) >= 11 is 0. The number of hydrogen-bond acceptors (Lipinski definition) is 4. The van der Waals surface area contributed by atoms with Gasteiger partial charge in [-0.05, 0) is 30.1 Å². The topological polar surface area (TPSA) is 58.9 Å². The molecule has 0 aliphatic rings. The second-order valence-electron chi connectivity index (χ2n) is 4.62. The lowest BCUT2D eigenvalue weighted by Gasteiger charge is -2.13. The van der Waals surface area contributed by atoms with Crippen LogP contribution in [0, 0.1) is 12.7 Å². The van der Waals surface area contributed by atoms with Crippen LogP contribution >= 0.6 is 0 Å². The monoisotopic (exact) mass is 290 g/mol. The molecule has 0 radical (unpaired) electrons. The van der Waals surface area contributed by atoms with Gasteiger partial charge in [0.25, 0.3) is 0 Å². The van der Waals surface area contributed by atoms with Crippen molar-refractivity contribution in [3.05, 3.63) is 53.3 Å². The van der Waals surface area contributed by atoms with E-state index in [1.54, 1.807) is 43.3 Å². The fraction of sp³-hybridized carbons (Fsp3) is 0.200. The van der Waals surface area contributed by atoms with Crippen molar-refractivity contribution in [2.45, 2.75) is 13.5 Å². The predicted octanol–water partition coefficient (Wildman–Crippen LogP) is 1.40. The summed E-state index contributed by atoms with van der Waals surface area (Å²) in [5.74, 6) is 0.272. The quantitative estimate of drug-likeness (QED) is 0.817. The number of rotatable bonds is 5. The van der Waals surface area contributed by atoms with Crippen molar-refractivity contribution in [1.29, 1.82) is 0 Å². The molecule has 0 aromatic heterocycles. The van der Waals surface area contributed by atoms with E-state index in [9.17, 15) is 14.4 Å². The highest BCUT2D eigenvalue weighted by Crippen LogP contribution is 2.23. The highest BCUT2D eigenvalue weighted by molar-refractivity contribution is 6.58. The zero-order valence-corrected chi connectivity index (χ0v) is 11.8. The van der Waals surface area contributed by atoms with Crippen LogP contribution in [0.3, 0.4) is 0 Å². The van der Waals surface area contributed by atoms with E-state index >= 15 is 0 Å². The fourth-order valence-electron chi connectivity index (χ4n) is 1.96.